The topological polar surface area (TPSA) is 61.7 Å². The van der Waals surface area contributed by atoms with Crippen LogP contribution in [0.3, 0.4) is 0 Å². The molecule has 2 N–H and O–H groups in total. The van der Waals surface area contributed by atoms with E-state index in [0.29, 0.717) is 5.95 Å². The van der Waals surface area contributed by atoms with Crippen molar-refractivity contribution >= 4 is 17.0 Å². The molecule has 2 aromatic heterocycles. The molecule has 0 saturated heterocycles. The van der Waals surface area contributed by atoms with Gasteiger partial charge in [0.2, 0.25) is 5.95 Å². The van der Waals surface area contributed by atoms with E-state index >= 15 is 0 Å². The molecular weight excluding hydrogens is 202 g/mol. The molecule has 80 valence electrons. The molecular formula is C11H11N5. The molecule has 2 heterocycles. The summed E-state index contributed by atoms with van der Waals surface area (Å²) in [6, 6.07) is 9.73. The molecule has 0 unspecified atom stereocenters. The van der Waals surface area contributed by atoms with Crippen LogP contribution in [0.5, 0.6) is 0 Å². The Hall–Kier alpha value is -2.30. The molecule has 0 saturated carbocycles. The van der Waals surface area contributed by atoms with Gasteiger partial charge in [0.15, 0.2) is 5.82 Å². The third-order valence-corrected chi connectivity index (χ3v) is 2.52. The summed E-state index contributed by atoms with van der Waals surface area (Å²) in [6.07, 6.45) is 1.88. The van der Waals surface area contributed by atoms with Crippen LogP contribution in [0.1, 0.15) is 0 Å². The summed E-state index contributed by atoms with van der Waals surface area (Å²) < 4.78 is 3.58. The number of nitrogens with two attached hydrogens (primary N) is 1. The zero-order valence-electron chi connectivity index (χ0n) is 8.83. The maximum Gasteiger partial charge on any atom is 0.207 e. The number of aromatic nitrogens is 4. The molecule has 5 nitrogen and oxygen atoms in total. The zero-order valence-corrected chi connectivity index (χ0v) is 8.83. The Morgan fingerprint density at radius 3 is 2.75 bits per heavy atom. The summed E-state index contributed by atoms with van der Waals surface area (Å²) >= 11 is 0. The summed E-state index contributed by atoms with van der Waals surface area (Å²) in [4.78, 5) is 4.29. The standard InChI is InChI=1S/C11H11N5/c1-15-7-6-10(14-15)16-9-5-3-2-4-8(9)13-11(16)12/h2-7H,1H3,(H2,12,13). The Morgan fingerprint density at radius 1 is 1.19 bits per heavy atom. The number of hydrogen-bond donors (Lipinski definition) is 1. The zero-order chi connectivity index (χ0) is 11.1. The highest BCUT2D eigenvalue weighted by Crippen LogP contribution is 2.21. The fourth-order valence-corrected chi connectivity index (χ4v) is 1.81. The Kier molecular flexibility index (Phi) is 1.73. The number of benzene rings is 1. The van der Waals surface area contributed by atoms with Gasteiger partial charge in [0.1, 0.15) is 0 Å². The van der Waals surface area contributed by atoms with Crippen molar-refractivity contribution in [2.75, 3.05) is 5.73 Å². The molecule has 0 bridgehead atoms. The van der Waals surface area contributed by atoms with Crippen LogP contribution in [0.2, 0.25) is 0 Å². The highest BCUT2D eigenvalue weighted by molar-refractivity contribution is 5.80. The quantitative estimate of drug-likeness (QED) is 0.663. The first-order chi connectivity index (χ1) is 7.75. The normalized spacial score (nSPS) is 11.1. The van der Waals surface area contributed by atoms with Gasteiger partial charge in [-0.15, -0.1) is 0 Å². The average molecular weight is 213 g/mol. The van der Waals surface area contributed by atoms with Gasteiger partial charge in [-0.1, -0.05) is 12.1 Å². The van der Waals surface area contributed by atoms with Gasteiger partial charge in [0, 0.05) is 19.3 Å². The molecule has 0 amide bonds. The van der Waals surface area contributed by atoms with Gasteiger partial charge in [-0.3, -0.25) is 9.25 Å². The summed E-state index contributed by atoms with van der Waals surface area (Å²) in [5.74, 6) is 1.24. The number of fused-ring (bicyclic) bond motifs is 1. The third-order valence-electron chi connectivity index (χ3n) is 2.52. The number of nitrogens with zero attached hydrogens (tertiary/aromatic N) is 4. The van der Waals surface area contributed by atoms with E-state index in [9.17, 15) is 0 Å². The maximum atomic E-state index is 5.90. The maximum absolute atomic E-state index is 5.90. The molecule has 0 aliphatic heterocycles. The molecule has 0 aliphatic carbocycles. The van der Waals surface area contributed by atoms with Crippen LogP contribution in [0.4, 0.5) is 5.95 Å². The monoisotopic (exact) mass is 213 g/mol. The number of hydrogen-bond acceptors (Lipinski definition) is 3. The van der Waals surface area contributed by atoms with Crippen LogP contribution in [0.15, 0.2) is 36.5 Å². The second-order valence-electron chi connectivity index (χ2n) is 3.64. The van der Waals surface area contributed by atoms with E-state index < -0.39 is 0 Å². The van der Waals surface area contributed by atoms with Gasteiger partial charge in [0.25, 0.3) is 0 Å². The Labute approximate surface area is 92.1 Å². The predicted molar refractivity (Wildman–Crippen MR) is 62.2 cm³/mol. The van der Waals surface area contributed by atoms with E-state index in [1.165, 1.54) is 0 Å². The highest BCUT2D eigenvalue weighted by atomic mass is 15.3. The largest absolute Gasteiger partial charge is 0.369 e. The van der Waals surface area contributed by atoms with Crippen LogP contribution in [0.25, 0.3) is 16.9 Å². The predicted octanol–water partition coefficient (Wildman–Crippen LogP) is 1.34. The lowest BCUT2D eigenvalue weighted by molar-refractivity contribution is 0.754. The molecule has 0 spiro atoms. The van der Waals surface area contributed by atoms with Crippen molar-refractivity contribution in [3.8, 4) is 5.82 Å². The van der Waals surface area contributed by atoms with Crippen LogP contribution in [-0.2, 0) is 7.05 Å². The van der Waals surface area contributed by atoms with Gasteiger partial charge < -0.3 is 5.73 Å². The van der Waals surface area contributed by atoms with Crippen molar-refractivity contribution in [2.24, 2.45) is 7.05 Å². The summed E-state index contributed by atoms with van der Waals surface area (Å²) in [5, 5.41) is 4.32. The lowest BCUT2D eigenvalue weighted by Crippen LogP contribution is -2.02. The van der Waals surface area contributed by atoms with Gasteiger partial charge in [-0.05, 0) is 12.1 Å². The molecule has 0 atom stereocenters. The minimum absolute atomic E-state index is 0.458. The first-order valence-corrected chi connectivity index (χ1v) is 4.99. The van der Waals surface area contributed by atoms with Crippen LogP contribution in [-0.4, -0.2) is 19.3 Å². The van der Waals surface area contributed by atoms with E-state index in [1.807, 2.05) is 48.1 Å². The Balaban J connectivity index is 2.34. The van der Waals surface area contributed by atoms with Crippen molar-refractivity contribution in [1.29, 1.82) is 0 Å². The minimum atomic E-state index is 0.458. The van der Waals surface area contributed by atoms with Gasteiger partial charge in [-0.25, -0.2) is 4.98 Å². The fourth-order valence-electron chi connectivity index (χ4n) is 1.81. The van der Waals surface area contributed by atoms with E-state index in [1.54, 1.807) is 4.68 Å². The first-order valence-electron chi connectivity index (χ1n) is 4.99. The molecule has 1 aromatic carbocycles. The van der Waals surface area contributed by atoms with Crippen molar-refractivity contribution in [1.82, 2.24) is 19.3 Å². The number of imidazole rings is 1. The van der Waals surface area contributed by atoms with E-state index in [0.717, 1.165) is 16.9 Å². The van der Waals surface area contributed by atoms with Gasteiger partial charge in [0.05, 0.1) is 11.0 Å². The van der Waals surface area contributed by atoms with Crippen LogP contribution in [0, 0.1) is 0 Å². The molecule has 0 radical (unpaired) electrons. The second-order valence-corrected chi connectivity index (χ2v) is 3.64. The Bertz CT molecular complexity index is 649. The molecule has 3 aromatic rings. The SMILES string of the molecule is Cn1ccc(-n2c(N)nc3ccccc32)n1. The summed E-state index contributed by atoms with van der Waals surface area (Å²) in [5.41, 5.74) is 7.75. The lowest BCUT2D eigenvalue weighted by atomic mass is 10.3. The van der Waals surface area contributed by atoms with E-state index in [2.05, 4.69) is 10.1 Å². The highest BCUT2D eigenvalue weighted by Gasteiger charge is 2.10. The minimum Gasteiger partial charge on any atom is -0.369 e. The molecule has 0 aliphatic rings. The summed E-state index contributed by atoms with van der Waals surface area (Å²) in [7, 11) is 1.87. The molecule has 3 rings (SSSR count). The number of rotatable bonds is 1. The van der Waals surface area contributed by atoms with E-state index in [4.69, 9.17) is 5.73 Å². The average Bonchev–Trinajstić information content (AvgIpc) is 2.80. The molecule has 0 fully saturated rings. The fraction of sp³-hybridized carbons (Fsp3) is 0.0909. The van der Waals surface area contributed by atoms with Crippen LogP contribution < -0.4 is 5.73 Å². The second kappa shape index (κ2) is 3.10. The van der Waals surface area contributed by atoms with Crippen molar-refractivity contribution in [2.45, 2.75) is 0 Å². The van der Waals surface area contributed by atoms with Gasteiger partial charge in [-0.2, -0.15) is 5.10 Å². The number of anilines is 1. The lowest BCUT2D eigenvalue weighted by Gasteiger charge is -2.00. The van der Waals surface area contributed by atoms with Gasteiger partial charge >= 0.3 is 0 Å². The number of para-hydroxylation sites is 2. The number of aryl methyl sites for hydroxylation is 1. The van der Waals surface area contributed by atoms with Crippen molar-refractivity contribution in [3.05, 3.63) is 36.5 Å². The van der Waals surface area contributed by atoms with Crippen LogP contribution >= 0.6 is 0 Å². The van der Waals surface area contributed by atoms with Crippen molar-refractivity contribution < 1.29 is 0 Å². The number of nitrogen functional groups attached to an aromatic ring is 1. The van der Waals surface area contributed by atoms with Crippen molar-refractivity contribution in [3.63, 3.8) is 0 Å². The Morgan fingerprint density at radius 2 is 2.00 bits per heavy atom. The molecule has 16 heavy (non-hydrogen) atoms. The third kappa shape index (κ3) is 1.18. The smallest absolute Gasteiger partial charge is 0.207 e. The first kappa shape index (κ1) is 8.96. The van der Waals surface area contributed by atoms with E-state index in [-0.39, 0.29) is 0 Å². The summed E-state index contributed by atoms with van der Waals surface area (Å²) in [6.45, 7) is 0. The molecule has 5 heteroatoms.